The first-order valence-electron chi connectivity index (χ1n) is 10.3. The number of halogens is 1. The summed E-state index contributed by atoms with van der Waals surface area (Å²) in [6, 6.07) is 15.4. The molecular formula is C23H31FN4O. The third-order valence-electron chi connectivity index (χ3n) is 5.55. The van der Waals surface area contributed by atoms with E-state index in [1.54, 1.807) is 0 Å². The van der Waals surface area contributed by atoms with Crippen molar-refractivity contribution in [2.45, 2.75) is 19.4 Å². The molecule has 0 aromatic heterocycles. The first-order valence-corrected chi connectivity index (χ1v) is 10.3. The van der Waals surface area contributed by atoms with E-state index in [2.05, 4.69) is 44.3 Å². The van der Waals surface area contributed by atoms with Crippen LogP contribution in [0.1, 0.15) is 24.9 Å². The van der Waals surface area contributed by atoms with Gasteiger partial charge in [0, 0.05) is 64.6 Å². The van der Waals surface area contributed by atoms with Crippen LogP contribution in [-0.2, 0) is 4.79 Å². The predicted octanol–water partition coefficient (Wildman–Crippen LogP) is 3.28. The van der Waals surface area contributed by atoms with Crippen LogP contribution in [0.2, 0.25) is 0 Å². The zero-order valence-electron chi connectivity index (χ0n) is 17.6. The van der Waals surface area contributed by atoms with E-state index >= 15 is 0 Å². The first kappa shape index (κ1) is 21.1. The van der Waals surface area contributed by atoms with Gasteiger partial charge in [-0.05, 0) is 42.0 Å². The maximum Gasteiger partial charge on any atom is 0.219 e. The highest BCUT2D eigenvalue weighted by Gasteiger charge is 2.25. The molecule has 1 aliphatic rings. The number of amides is 1. The fourth-order valence-corrected chi connectivity index (χ4v) is 3.73. The number of hydrogen-bond acceptors (Lipinski definition) is 4. The van der Waals surface area contributed by atoms with Gasteiger partial charge in [0.15, 0.2) is 0 Å². The summed E-state index contributed by atoms with van der Waals surface area (Å²) in [5.41, 5.74) is 3.42. The summed E-state index contributed by atoms with van der Waals surface area (Å²) in [5.74, 6) is -0.134. The van der Waals surface area contributed by atoms with Crippen LogP contribution in [0, 0.1) is 5.82 Å². The van der Waals surface area contributed by atoms with E-state index in [1.165, 1.54) is 17.7 Å². The average molecular weight is 399 g/mol. The molecule has 1 saturated heterocycles. The van der Waals surface area contributed by atoms with Crippen LogP contribution in [0.5, 0.6) is 0 Å². The number of piperazine rings is 1. The van der Waals surface area contributed by atoms with Gasteiger partial charge in [-0.25, -0.2) is 4.39 Å². The van der Waals surface area contributed by atoms with E-state index < -0.39 is 0 Å². The van der Waals surface area contributed by atoms with E-state index in [0.717, 1.165) is 37.6 Å². The standard InChI is InChI=1S/C23H31FN4O/c1-4-23(29)25-17-22(18-5-9-20(10-6-18)26(2)3)28-15-13-27(14-16-28)21-11-7-19(24)8-12-21/h5-12,22H,4,13-17H2,1-3H3,(H,25,29)/t22-/m0/s1. The Morgan fingerprint density at radius 1 is 1.03 bits per heavy atom. The van der Waals surface area contributed by atoms with Crippen molar-refractivity contribution in [3.63, 3.8) is 0 Å². The zero-order chi connectivity index (χ0) is 20.8. The van der Waals surface area contributed by atoms with Crippen LogP contribution >= 0.6 is 0 Å². The molecule has 0 spiro atoms. The van der Waals surface area contributed by atoms with Gasteiger partial charge in [-0.2, -0.15) is 0 Å². The Bertz CT molecular complexity index is 784. The van der Waals surface area contributed by atoms with Crippen LogP contribution in [0.25, 0.3) is 0 Å². The van der Waals surface area contributed by atoms with Crippen molar-refractivity contribution in [3.8, 4) is 0 Å². The lowest BCUT2D eigenvalue weighted by atomic mass is 10.0. The Labute approximate surface area is 173 Å². The SMILES string of the molecule is CCC(=O)NC[C@@H](c1ccc(N(C)C)cc1)N1CCN(c2ccc(F)cc2)CC1. The number of carbonyl (C=O) groups excluding carboxylic acids is 1. The van der Waals surface area contributed by atoms with Crippen LogP contribution in [0.4, 0.5) is 15.8 Å². The Balaban J connectivity index is 1.70. The number of nitrogens with zero attached hydrogens (tertiary/aromatic N) is 3. The van der Waals surface area contributed by atoms with Gasteiger partial charge in [-0.3, -0.25) is 9.69 Å². The zero-order valence-corrected chi connectivity index (χ0v) is 17.6. The highest BCUT2D eigenvalue weighted by molar-refractivity contribution is 5.75. The van der Waals surface area contributed by atoms with Gasteiger partial charge in [0.25, 0.3) is 0 Å². The lowest BCUT2D eigenvalue weighted by Gasteiger charge is -2.40. The summed E-state index contributed by atoms with van der Waals surface area (Å²) >= 11 is 0. The minimum Gasteiger partial charge on any atom is -0.378 e. The number of nitrogens with one attached hydrogen (secondary N) is 1. The molecule has 2 aromatic carbocycles. The molecule has 1 N–H and O–H groups in total. The quantitative estimate of drug-likeness (QED) is 0.777. The van der Waals surface area contributed by atoms with Gasteiger partial charge < -0.3 is 15.1 Å². The van der Waals surface area contributed by atoms with E-state index in [-0.39, 0.29) is 17.8 Å². The molecule has 0 aliphatic carbocycles. The molecule has 2 aromatic rings. The summed E-state index contributed by atoms with van der Waals surface area (Å²) in [6.07, 6.45) is 0.491. The molecule has 0 unspecified atom stereocenters. The normalized spacial score (nSPS) is 15.8. The second-order valence-electron chi connectivity index (χ2n) is 7.66. The van der Waals surface area contributed by atoms with E-state index in [9.17, 15) is 9.18 Å². The smallest absolute Gasteiger partial charge is 0.219 e. The summed E-state index contributed by atoms with van der Waals surface area (Å²) in [5, 5.41) is 3.07. The van der Waals surface area contributed by atoms with Gasteiger partial charge in [-0.1, -0.05) is 19.1 Å². The molecule has 6 heteroatoms. The minimum absolute atomic E-state index is 0.0739. The predicted molar refractivity (Wildman–Crippen MR) is 117 cm³/mol. The lowest BCUT2D eigenvalue weighted by molar-refractivity contribution is -0.121. The van der Waals surface area contributed by atoms with Gasteiger partial charge in [-0.15, -0.1) is 0 Å². The van der Waals surface area contributed by atoms with Gasteiger partial charge >= 0.3 is 0 Å². The van der Waals surface area contributed by atoms with E-state index in [4.69, 9.17) is 0 Å². The van der Waals surface area contributed by atoms with Crippen molar-refractivity contribution in [2.24, 2.45) is 0 Å². The molecule has 1 heterocycles. The molecule has 29 heavy (non-hydrogen) atoms. The van der Waals surface area contributed by atoms with Gasteiger partial charge in [0.2, 0.25) is 5.91 Å². The molecule has 156 valence electrons. The van der Waals surface area contributed by atoms with Crippen molar-refractivity contribution < 1.29 is 9.18 Å². The molecule has 1 aliphatic heterocycles. The Morgan fingerprint density at radius 3 is 2.21 bits per heavy atom. The molecule has 0 saturated carbocycles. The van der Waals surface area contributed by atoms with Crippen LogP contribution in [-0.4, -0.2) is 57.6 Å². The number of carbonyl (C=O) groups is 1. The number of benzene rings is 2. The van der Waals surface area contributed by atoms with Gasteiger partial charge in [0.05, 0.1) is 6.04 Å². The Kier molecular flexibility index (Phi) is 7.09. The van der Waals surface area contributed by atoms with Crippen LogP contribution in [0.15, 0.2) is 48.5 Å². The van der Waals surface area contributed by atoms with Crippen molar-refractivity contribution in [3.05, 3.63) is 59.9 Å². The molecule has 1 fully saturated rings. The summed E-state index contributed by atoms with van der Waals surface area (Å²) in [6.45, 7) is 6.00. The minimum atomic E-state index is -0.208. The number of hydrogen-bond donors (Lipinski definition) is 1. The highest BCUT2D eigenvalue weighted by Crippen LogP contribution is 2.26. The van der Waals surface area contributed by atoms with Gasteiger partial charge in [0.1, 0.15) is 5.82 Å². The van der Waals surface area contributed by atoms with Crippen molar-refractivity contribution >= 4 is 17.3 Å². The largest absolute Gasteiger partial charge is 0.378 e. The molecule has 0 radical (unpaired) electrons. The summed E-state index contributed by atoms with van der Waals surface area (Å²) in [4.78, 5) is 18.7. The molecule has 0 bridgehead atoms. The average Bonchev–Trinajstić information content (AvgIpc) is 2.75. The van der Waals surface area contributed by atoms with Crippen molar-refractivity contribution in [1.29, 1.82) is 0 Å². The van der Waals surface area contributed by atoms with E-state index in [0.29, 0.717) is 13.0 Å². The highest BCUT2D eigenvalue weighted by atomic mass is 19.1. The fraction of sp³-hybridized carbons (Fsp3) is 0.435. The maximum atomic E-state index is 13.2. The summed E-state index contributed by atoms with van der Waals surface area (Å²) in [7, 11) is 4.06. The second-order valence-corrected chi connectivity index (χ2v) is 7.66. The molecular weight excluding hydrogens is 367 g/mol. The third kappa shape index (κ3) is 5.48. The first-order chi connectivity index (χ1) is 14.0. The number of rotatable bonds is 7. The Morgan fingerprint density at radius 2 is 1.66 bits per heavy atom. The fourth-order valence-electron chi connectivity index (χ4n) is 3.73. The second kappa shape index (κ2) is 9.74. The molecule has 1 atom stereocenters. The van der Waals surface area contributed by atoms with Crippen LogP contribution < -0.4 is 15.1 Å². The summed E-state index contributed by atoms with van der Waals surface area (Å²) < 4.78 is 13.2. The lowest BCUT2D eigenvalue weighted by Crippen LogP contribution is -2.49. The maximum absolute atomic E-state index is 13.2. The van der Waals surface area contributed by atoms with E-state index in [1.807, 2.05) is 33.2 Å². The monoisotopic (exact) mass is 398 g/mol. The molecule has 3 rings (SSSR count). The molecule has 1 amide bonds. The number of anilines is 2. The topological polar surface area (TPSA) is 38.8 Å². The molecule has 5 nitrogen and oxygen atoms in total. The Hall–Kier alpha value is -2.60. The van der Waals surface area contributed by atoms with Crippen molar-refractivity contribution in [2.75, 3.05) is 56.6 Å². The van der Waals surface area contributed by atoms with Crippen LogP contribution in [0.3, 0.4) is 0 Å². The van der Waals surface area contributed by atoms with Crippen molar-refractivity contribution in [1.82, 2.24) is 10.2 Å². The third-order valence-corrected chi connectivity index (χ3v) is 5.55.